The molecule has 5 heteroatoms. The maximum atomic E-state index is 11.5. The smallest absolute Gasteiger partial charge is 0.323 e. The largest absolute Gasteiger partial charge is 0.480 e. The predicted octanol–water partition coefficient (Wildman–Crippen LogP) is 1.48. The van der Waals surface area contributed by atoms with E-state index in [0.717, 1.165) is 16.5 Å². The lowest BCUT2D eigenvalue weighted by Gasteiger charge is -2.22. The Morgan fingerprint density at radius 1 is 1.10 bits per heavy atom. The number of carboxylic acids is 1. The van der Waals surface area contributed by atoms with Crippen LogP contribution in [0.4, 0.5) is 5.69 Å². The number of carbonyl (C=O) groups excluding carboxylic acids is 1. The Kier molecular flexibility index (Phi) is 4.20. The molecule has 5 nitrogen and oxygen atoms in total. The average molecular weight is 272 g/mol. The molecule has 0 bridgehead atoms. The minimum Gasteiger partial charge on any atom is -0.480 e. The molecule has 20 heavy (non-hydrogen) atoms. The van der Waals surface area contributed by atoms with Crippen LogP contribution in [0.3, 0.4) is 0 Å². The van der Waals surface area contributed by atoms with Crippen LogP contribution in [-0.4, -0.2) is 37.1 Å². The topological polar surface area (TPSA) is 69.6 Å². The third kappa shape index (κ3) is 3.26. The predicted molar refractivity (Wildman–Crippen MR) is 77.9 cm³/mol. The fourth-order valence-corrected chi connectivity index (χ4v) is 2.03. The van der Waals surface area contributed by atoms with Crippen LogP contribution in [-0.2, 0) is 9.59 Å². The summed E-state index contributed by atoms with van der Waals surface area (Å²) in [7, 11) is 1.53. The first kappa shape index (κ1) is 13.9. The van der Waals surface area contributed by atoms with Crippen LogP contribution in [0.2, 0.25) is 0 Å². The number of carbonyl (C=O) groups is 2. The molecule has 0 aliphatic heterocycles. The molecule has 0 spiro atoms. The number of benzene rings is 2. The second kappa shape index (κ2) is 6.06. The number of nitrogens with one attached hydrogen (secondary N) is 1. The molecule has 104 valence electrons. The van der Waals surface area contributed by atoms with Gasteiger partial charge in [-0.25, -0.2) is 0 Å². The summed E-state index contributed by atoms with van der Waals surface area (Å²) >= 11 is 0. The summed E-state index contributed by atoms with van der Waals surface area (Å²) in [6, 6.07) is 13.4. The molecule has 0 saturated heterocycles. The maximum Gasteiger partial charge on any atom is 0.323 e. The molecule has 0 aromatic heterocycles. The van der Waals surface area contributed by atoms with Crippen molar-refractivity contribution in [2.75, 3.05) is 25.0 Å². The van der Waals surface area contributed by atoms with Gasteiger partial charge in [-0.1, -0.05) is 30.3 Å². The van der Waals surface area contributed by atoms with E-state index in [-0.39, 0.29) is 19.0 Å². The number of rotatable bonds is 5. The number of hydrogen-bond donors (Lipinski definition) is 2. The van der Waals surface area contributed by atoms with Gasteiger partial charge in [0.25, 0.3) is 0 Å². The minimum absolute atomic E-state index is 0.0150. The van der Waals surface area contributed by atoms with Crippen LogP contribution in [0.15, 0.2) is 42.5 Å². The van der Waals surface area contributed by atoms with Gasteiger partial charge in [-0.2, -0.15) is 0 Å². The molecule has 0 fully saturated rings. The van der Waals surface area contributed by atoms with Crippen LogP contribution >= 0.6 is 0 Å². The molecular formula is C15H16N2O3. The van der Waals surface area contributed by atoms with Crippen LogP contribution < -0.4 is 10.2 Å². The summed E-state index contributed by atoms with van der Waals surface area (Å²) in [6.45, 7) is -0.201. The van der Waals surface area contributed by atoms with E-state index >= 15 is 0 Å². The lowest BCUT2D eigenvalue weighted by molar-refractivity contribution is -0.135. The van der Waals surface area contributed by atoms with E-state index in [9.17, 15) is 9.59 Å². The molecular weight excluding hydrogens is 256 g/mol. The zero-order valence-electron chi connectivity index (χ0n) is 11.2. The van der Waals surface area contributed by atoms with Crippen molar-refractivity contribution in [1.82, 2.24) is 5.32 Å². The highest BCUT2D eigenvalue weighted by molar-refractivity contribution is 5.89. The van der Waals surface area contributed by atoms with Gasteiger partial charge in [0, 0.05) is 12.7 Å². The quantitative estimate of drug-likeness (QED) is 0.865. The van der Waals surface area contributed by atoms with Gasteiger partial charge in [-0.05, 0) is 22.9 Å². The number of likely N-dealkylation sites (N-methyl/N-ethyl adjacent to an activating group) is 1. The fraction of sp³-hybridized carbons (Fsp3) is 0.200. The number of hydrogen-bond acceptors (Lipinski definition) is 3. The highest BCUT2D eigenvalue weighted by Crippen LogP contribution is 2.21. The molecule has 1 amide bonds. The summed E-state index contributed by atoms with van der Waals surface area (Å²) in [5.74, 6) is -1.19. The third-order valence-corrected chi connectivity index (χ3v) is 3.04. The molecule has 2 aromatic carbocycles. The molecule has 2 rings (SSSR count). The third-order valence-electron chi connectivity index (χ3n) is 3.04. The van der Waals surface area contributed by atoms with Crippen LogP contribution in [0.25, 0.3) is 10.8 Å². The van der Waals surface area contributed by atoms with Gasteiger partial charge in [0.2, 0.25) is 5.91 Å². The van der Waals surface area contributed by atoms with Crippen molar-refractivity contribution in [3.05, 3.63) is 42.5 Å². The van der Waals surface area contributed by atoms with E-state index in [1.807, 2.05) is 42.5 Å². The molecule has 2 N–H and O–H groups in total. The van der Waals surface area contributed by atoms with Crippen LogP contribution in [0.5, 0.6) is 0 Å². The molecule has 0 heterocycles. The maximum absolute atomic E-state index is 11.5. The summed E-state index contributed by atoms with van der Waals surface area (Å²) < 4.78 is 0. The summed E-state index contributed by atoms with van der Waals surface area (Å²) in [4.78, 5) is 24.0. The van der Waals surface area contributed by atoms with E-state index in [0.29, 0.717) is 0 Å². The monoisotopic (exact) mass is 272 g/mol. The van der Waals surface area contributed by atoms with Gasteiger partial charge >= 0.3 is 5.97 Å². The molecule has 0 saturated carbocycles. The van der Waals surface area contributed by atoms with Gasteiger partial charge in [0.1, 0.15) is 6.54 Å². The fourth-order valence-electron chi connectivity index (χ4n) is 2.03. The highest BCUT2D eigenvalue weighted by Gasteiger charge is 2.14. The summed E-state index contributed by atoms with van der Waals surface area (Å²) in [6.07, 6.45) is 0. The average Bonchev–Trinajstić information content (AvgIpc) is 2.45. The summed E-state index contributed by atoms with van der Waals surface area (Å²) in [5.41, 5.74) is 0.717. The minimum atomic E-state index is -0.970. The number of aliphatic carboxylic acids is 1. The van der Waals surface area contributed by atoms with E-state index < -0.39 is 5.97 Å². The number of anilines is 1. The van der Waals surface area contributed by atoms with Crippen molar-refractivity contribution in [1.29, 1.82) is 0 Å². The van der Waals surface area contributed by atoms with E-state index in [1.54, 1.807) is 0 Å². The van der Waals surface area contributed by atoms with Gasteiger partial charge in [0.05, 0.1) is 6.54 Å². The Balaban J connectivity index is 2.33. The highest BCUT2D eigenvalue weighted by atomic mass is 16.4. The van der Waals surface area contributed by atoms with Crippen LogP contribution in [0, 0.1) is 0 Å². The number of fused-ring (bicyclic) bond motifs is 1. The first-order valence-corrected chi connectivity index (χ1v) is 6.26. The van der Waals surface area contributed by atoms with E-state index in [2.05, 4.69) is 5.32 Å². The lowest BCUT2D eigenvalue weighted by atomic mass is 10.1. The first-order chi connectivity index (χ1) is 9.60. The van der Waals surface area contributed by atoms with Crippen molar-refractivity contribution in [2.24, 2.45) is 0 Å². The summed E-state index contributed by atoms with van der Waals surface area (Å²) in [5, 5.41) is 13.6. The van der Waals surface area contributed by atoms with Crippen molar-refractivity contribution in [3.63, 3.8) is 0 Å². The van der Waals surface area contributed by atoms with Crippen molar-refractivity contribution in [2.45, 2.75) is 0 Å². The van der Waals surface area contributed by atoms with Gasteiger partial charge in [-0.3, -0.25) is 9.59 Å². The first-order valence-electron chi connectivity index (χ1n) is 6.26. The number of carboxylic acid groups (broad SMARTS) is 1. The SMILES string of the molecule is CNC(=O)CN(CC(=O)O)c1ccc2ccccc2c1. The number of amides is 1. The zero-order chi connectivity index (χ0) is 14.5. The Bertz CT molecular complexity index is 640. The second-order valence-electron chi connectivity index (χ2n) is 4.45. The molecule has 0 atom stereocenters. The van der Waals surface area contributed by atoms with Crippen LogP contribution in [0.1, 0.15) is 0 Å². The molecule has 0 radical (unpaired) electrons. The van der Waals surface area contributed by atoms with E-state index in [1.165, 1.54) is 11.9 Å². The Hall–Kier alpha value is -2.56. The van der Waals surface area contributed by atoms with Gasteiger partial charge < -0.3 is 15.3 Å². The normalized spacial score (nSPS) is 10.2. The van der Waals surface area contributed by atoms with Crippen molar-refractivity contribution in [3.8, 4) is 0 Å². The Labute approximate surface area is 116 Å². The Morgan fingerprint density at radius 3 is 2.45 bits per heavy atom. The van der Waals surface area contributed by atoms with Gasteiger partial charge in [0.15, 0.2) is 0 Å². The molecule has 0 unspecified atom stereocenters. The van der Waals surface area contributed by atoms with Crippen molar-refractivity contribution >= 4 is 28.3 Å². The molecule has 0 aliphatic rings. The van der Waals surface area contributed by atoms with E-state index in [4.69, 9.17) is 5.11 Å². The van der Waals surface area contributed by atoms with Crippen molar-refractivity contribution < 1.29 is 14.7 Å². The standard InChI is InChI=1S/C15H16N2O3/c1-16-14(18)9-17(10-15(19)20)13-7-6-11-4-2-3-5-12(11)8-13/h2-8H,9-10H2,1H3,(H,16,18)(H,19,20). The second-order valence-corrected chi connectivity index (χ2v) is 4.45. The lowest BCUT2D eigenvalue weighted by Crippen LogP contribution is -2.38. The van der Waals surface area contributed by atoms with Gasteiger partial charge in [-0.15, -0.1) is 0 Å². The number of nitrogens with zero attached hydrogens (tertiary/aromatic N) is 1. The molecule has 0 aliphatic carbocycles. The zero-order valence-corrected chi connectivity index (χ0v) is 11.2. The molecule has 2 aromatic rings. The Morgan fingerprint density at radius 2 is 1.80 bits per heavy atom.